The van der Waals surface area contributed by atoms with Crippen LogP contribution in [0, 0.1) is 6.92 Å². The molecule has 1 atom stereocenters. The van der Waals surface area contributed by atoms with Gasteiger partial charge < -0.3 is 9.64 Å². The minimum absolute atomic E-state index is 0.00745. The Morgan fingerprint density at radius 2 is 2.14 bits per heavy atom. The molecular formula is C14H19ClN2O4S. The number of benzene rings is 1. The molecule has 8 heteroatoms. The van der Waals surface area contributed by atoms with Crippen LogP contribution in [0.2, 0.25) is 5.02 Å². The number of nitrogens with one attached hydrogen (secondary N) is 1. The molecule has 2 rings (SSSR count). The van der Waals surface area contributed by atoms with Crippen molar-refractivity contribution in [3.63, 3.8) is 0 Å². The third-order valence-electron chi connectivity index (χ3n) is 3.48. The van der Waals surface area contributed by atoms with E-state index in [1.807, 2.05) is 0 Å². The van der Waals surface area contributed by atoms with Crippen molar-refractivity contribution in [2.75, 3.05) is 20.2 Å². The Balaban J connectivity index is 2.32. The van der Waals surface area contributed by atoms with Crippen LogP contribution < -0.4 is 9.46 Å². The fourth-order valence-corrected chi connectivity index (χ4v) is 3.95. The zero-order chi connectivity index (χ0) is 16.5. The molecule has 1 amide bonds. The van der Waals surface area contributed by atoms with Gasteiger partial charge >= 0.3 is 0 Å². The summed E-state index contributed by atoms with van der Waals surface area (Å²) in [6.45, 7) is 4.24. The predicted molar refractivity (Wildman–Crippen MR) is 83.7 cm³/mol. The van der Waals surface area contributed by atoms with Crippen molar-refractivity contribution >= 4 is 27.5 Å². The van der Waals surface area contributed by atoms with Gasteiger partial charge in [0.1, 0.15) is 10.6 Å². The smallest absolute Gasteiger partial charge is 0.244 e. The quantitative estimate of drug-likeness (QED) is 0.877. The number of sulfonamides is 1. The number of hydrogen-bond donors (Lipinski definition) is 1. The Kier molecular flexibility index (Phi) is 4.99. The minimum atomic E-state index is -3.82. The highest BCUT2D eigenvalue weighted by Crippen LogP contribution is 2.30. The van der Waals surface area contributed by atoms with Crippen LogP contribution in [0.4, 0.5) is 0 Å². The highest BCUT2D eigenvalue weighted by Gasteiger charge is 2.32. The summed E-state index contributed by atoms with van der Waals surface area (Å²) in [4.78, 5) is 13.0. The molecule has 1 fully saturated rings. The lowest BCUT2D eigenvalue weighted by molar-refractivity contribution is -0.126. The van der Waals surface area contributed by atoms with E-state index in [-0.39, 0.29) is 23.0 Å². The van der Waals surface area contributed by atoms with E-state index in [4.69, 9.17) is 16.3 Å². The fourth-order valence-electron chi connectivity index (χ4n) is 2.34. The molecule has 1 saturated heterocycles. The monoisotopic (exact) mass is 346 g/mol. The van der Waals surface area contributed by atoms with Gasteiger partial charge in [-0.15, -0.1) is 0 Å². The number of halogens is 1. The van der Waals surface area contributed by atoms with Crippen LogP contribution in [0.25, 0.3) is 0 Å². The maximum absolute atomic E-state index is 12.6. The fraction of sp³-hybridized carbons (Fsp3) is 0.500. The molecule has 0 saturated carbocycles. The van der Waals surface area contributed by atoms with E-state index in [2.05, 4.69) is 4.72 Å². The van der Waals surface area contributed by atoms with E-state index in [0.29, 0.717) is 18.2 Å². The number of rotatable bonds is 5. The molecule has 1 aromatic rings. The zero-order valence-corrected chi connectivity index (χ0v) is 14.3. The third-order valence-corrected chi connectivity index (χ3v) is 5.43. The molecule has 0 aliphatic carbocycles. The van der Waals surface area contributed by atoms with Crippen molar-refractivity contribution in [1.29, 1.82) is 0 Å². The molecule has 1 unspecified atom stereocenters. The summed E-state index contributed by atoms with van der Waals surface area (Å²) in [5.41, 5.74) is 0.736. The Morgan fingerprint density at radius 3 is 2.68 bits per heavy atom. The van der Waals surface area contributed by atoms with E-state index >= 15 is 0 Å². The first-order chi connectivity index (χ1) is 10.2. The molecule has 0 aromatic heterocycles. The van der Waals surface area contributed by atoms with E-state index < -0.39 is 16.1 Å². The van der Waals surface area contributed by atoms with Gasteiger partial charge in [0, 0.05) is 31.1 Å². The molecule has 0 spiro atoms. The summed E-state index contributed by atoms with van der Waals surface area (Å²) >= 11 is 6.04. The lowest BCUT2D eigenvalue weighted by Gasteiger charge is -2.16. The minimum Gasteiger partial charge on any atom is -0.492 e. The molecule has 122 valence electrons. The lowest BCUT2D eigenvalue weighted by Crippen LogP contribution is -2.36. The number of amides is 1. The van der Waals surface area contributed by atoms with Gasteiger partial charge in [-0.25, -0.2) is 13.1 Å². The predicted octanol–water partition coefficient (Wildman–Crippen LogP) is 1.56. The first-order valence-corrected chi connectivity index (χ1v) is 8.80. The first kappa shape index (κ1) is 17.1. The SMILES string of the molecule is CCOc1cc(C)c(Cl)cc1S(=O)(=O)NC1CC(=O)N(C)C1. The number of carbonyl (C=O) groups excluding carboxylic acids is 1. The van der Waals surface area contributed by atoms with Gasteiger partial charge in [0.25, 0.3) is 0 Å². The molecule has 0 radical (unpaired) electrons. The Labute approximate surface area is 135 Å². The summed E-state index contributed by atoms with van der Waals surface area (Å²) in [5, 5.41) is 0.350. The molecule has 6 nitrogen and oxygen atoms in total. The number of aryl methyl sites for hydroxylation is 1. The maximum Gasteiger partial charge on any atom is 0.244 e. The molecule has 1 N–H and O–H groups in total. The highest BCUT2D eigenvalue weighted by molar-refractivity contribution is 7.89. The van der Waals surface area contributed by atoms with Gasteiger partial charge in [0.2, 0.25) is 15.9 Å². The number of hydrogen-bond acceptors (Lipinski definition) is 4. The van der Waals surface area contributed by atoms with Crippen LogP contribution in [0.3, 0.4) is 0 Å². The molecule has 1 aliphatic heterocycles. The molecule has 1 heterocycles. The Bertz CT molecular complexity index is 690. The average Bonchev–Trinajstić information content (AvgIpc) is 2.71. The number of carbonyl (C=O) groups is 1. The van der Waals surface area contributed by atoms with Crippen molar-refractivity contribution in [3.05, 3.63) is 22.7 Å². The largest absolute Gasteiger partial charge is 0.492 e. The normalized spacial score (nSPS) is 18.8. The second-order valence-corrected chi connectivity index (χ2v) is 7.37. The number of likely N-dealkylation sites (tertiary alicyclic amines) is 1. The van der Waals surface area contributed by atoms with Crippen LogP contribution in [0.1, 0.15) is 18.9 Å². The summed E-state index contributed by atoms with van der Waals surface area (Å²) in [6, 6.07) is 2.54. The van der Waals surface area contributed by atoms with Crippen LogP contribution in [-0.2, 0) is 14.8 Å². The van der Waals surface area contributed by atoms with E-state index in [0.717, 1.165) is 5.56 Å². The van der Waals surface area contributed by atoms with Gasteiger partial charge in [0.15, 0.2) is 0 Å². The molecule has 1 aromatic carbocycles. The topological polar surface area (TPSA) is 75.7 Å². The van der Waals surface area contributed by atoms with Crippen molar-refractivity contribution < 1.29 is 17.9 Å². The molecule has 0 bridgehead atoms. The number of nitrogens with zero attached hydrogens (tertiary/aromatic N) is 1. The summed E-state index contributed by atoms with van der Waals surface area (Å²) in [6.07, 6.45) is 0.152. The number of likely N-dealkylation sites (N-methyl/N-ethyl adjacent to an activating group) is 1. The molecule has 1 aliphatic rings. The molecule has 22 heavy (non-hydrogen) atoms. The van der Waals surface area contributed by atoms with Crippen LogP contribution in [0.5, 0.6) is 5.75 Å². The third kappa shape index (κ3) is 3.53. The van der Waals surface area contributed by atoms with Crippen LogP contribution in [-0.4, -0.2) is 45.5 Å². The first-order valence-electron chi connectivity index (χ1n) is 6.94. The second-order valence-electron chi connectivity index (χ2n) is 5.28. The van der Waals surface area contributed by atoms with Gasteiger partial charge in [0.05, 0.1) is 6.61 Å². The maximum atomic E-state index is 12.6. The molecular weight excluding hydrogens is 328 g/mol. The van der Waals surface area contributed by atoms with Crippen molar-refractivity contribution in [3.8, 4) is 5.75 Å². The zero-order valence-electron chi connectivity index (χ0n) is 12.7. The van der Waals surface area contributed by atoms with E-state index in [9.17, 15) is 13.2 Å². The van der Waals surface area contributed by atoms with Gasteiger partial charge in [-0.3, -0.25) is 4.79 Å². The van der Waals surface area contributed by atoms with Gasteiger partial charge in [-0.05, 0) is 31.5 Å². The van der Waals surface area contributed by atoms with Gasteiger partial charge in [-0.1, -0.05) is 11.6 Å². The summed E-state index contributed by atoms with van der Waals surface area (Å²) < 4.78 is 33.1. The van der Waals surface area contributed by atoms with Crippen LogP contribution in [0.15, 0.2) is 17.0 Å². The van der Waals surface area contributed by atoms with E-state index in [1.165, 1.54) is 11.0 Å². The summed E-state index contributed by atoms with van der Waals surface area (Å²) in [7, 11) is -2.18. The highest BCUT2D eigenvalue weighted by atomic mass is 35.5. The van der Waals surface area contributed by atoms with Crippen LogP contribution >= 0.6 is 11.6 Å². The van der Waals surface area contributed by atoms with Crippen molar-refractivity contribution in [2.24, 2.45) is 0 Å². The average molecular weight is 347 g/mol. The van der Waals surface area contributed by atoms with Crippen molar-refractivity contribution in [2.45, 2.75) is 31.2 Å². The second kappa shape index (κ2) is 6.44. The van der Waals surface area contributed by atoms with Crippen molar-refractivity contribution in [1.82, 2.24) is 9.62 Å². The Hall–Kier alpha value is -1.31. The standard InChI is InChI=1S/C14H19ClN2O4S/c1-4-21-12-5-9(2)11(15)7-13(12)22(19,20)16-10-6-14(18)17(3)8-10/h5,7,10,16H,4,6,8H2,1-3H3. The summed E-state index contributed by atoms with van der Waals surface area (Å²) in [5.74, 6) is 0.175. The number of ether oxygens (including phenoxy) is 1. The van der Waals surface area contributed by atoms with E-state index in [1.54, 1.807) is 27.0 Å². The van der Waals surface area contributed by atoms with Gasteiger partial charge in [-0.2, -0.15) is 0 Å². The Morgan fingerprint density at radius 1 is 1.45 bits per heavy atom. The lowest BCUT2D eigenvalue weighted by atomic mass is 10.2.